The first-order valence-electron chi connectivity index (χ1n) is 9.41. The average Bonchev–Trinajstić information content (AvgIpc) is 3.34. The highest BCUT2D eigenvalue weighted by molar-refractivity contribution is 7.99. The summed E-state index contributed by atoms with van der Waals surface area (Å²) in [5, 5.41) is 14.7. The maximum absolute atomic E-state index is 12.9. The number of fused-ring (bicyclic) bond motifs is 1. The van der Waals surface area contributed by atoms with Crippen LogP contribution >= 0.6 is 11.8 Å². The number of carbonyl (C=O) groups is 1. The predicted octanol–water partition coefficient (Wildman–Crippen LogP) is 3.64. The third kappa shape index (κ3) is 3.69. The van der Waals surface area contributed by atoms with E-state index in [4.69, 9.17) is 11.1 Å². The number of nitrogen functional groups attached to an aromatic ring is 1. The molecule has 30 heavy (non-hydrogen) atoms. The summed E-state index contributed by atoms with van der Waals surface area (Å²) in [6.07, 6.45) is 4.87. The second-order valence-corrected chi connectivity index (χ2v) is 8.07. The van der Waals surface area contributed by atoms with Crippen molar-refractivity contribution >= 4 is 35.1 Å². The molecule has 0 bridgehead atoms. The quantitative estimate of drug-likeness (QED) is 0.329. The van der Waals surface area contributed by atoms with Gasteiger partial charge in [-0.15, -0.1) is 0 Å². The van der Waals surface area contributed by atoms with Crippen molar-refractivity contribution in [2.75, 3.05) is 5.73 Å². The zero-order valence-electron chi connectivity index (χ0n) is 16.7. The van der Waals surface area contributed by atoms with Crippen LogP contribution in [0.15, 0.2) is 64.6 Å². The van der Waals surface area contributed by atoms with E-state index in [1.54, 1.807) is 28.5 Å². The molecular formula is C22H22N6OS. The molecule has 0 fully saturated rings. The lowest BCUT2D eigenvalue weighted by atomic mass is 10.2. The van der Waals surface area contributed by atoms with E-state index in [0.717, 1.165) is 26.6 Å². The molecule has 0 unspecified atom stereocenters. The van der Waals surface area contributed by atoms with Crippen molar-refractivity contribution in [1.29, 1.82) is 5.41 Å². The number of hydrogen-bond donors (Lipinski definition) is 3. The minimum Gasteiger partial charge on any atom is -0.398 e. The maximum Gasteiger partial charge on any atom is 0.268 e. The van der Waals surface area contributed by atoms with E-state index in [1.165, 1.54) is 6.21 Å². The summed E-state index contributed by atoms with van der Waals surface area (Å²) in [7, 11) is 1.89. The molecule has 1 amide bonds. The summed E-state index contributed by atoms with van der Waals surface area (Å²) in [4.78, 5) is 14.8. The van der Waals surface area contributed by atoms with E-state index in [1.807, 2.05) is 61.1 Å². The van der Waals surface area contributed by atoms with Crippen molar-refractivity contribution in [3.8, 4) is 0 Å². The standard InChI is InChI=1S/C22H22N6OS/c1-14-21(30-17-5-6-18(24)16(10-17)12-23)11-20(27(14)2)22(29)25-13-15-4-3-9-28-19(15)7-8-26-28/h3-12,23H,13,24H2,1-2H3,(H,25,29). The zero-order chi connectivity index (χ0) is 21.3. The Morgan fingerprint density at radius 2 is 2.13 bits per heavy atom. The van der Waals surface area contributed by atoms with Crippen LogP contribution in [-0.4, -0.2) is 26.3 Å². The molecule has 0 aliphatic rings. The van der Waals surface area contributed by atoms with Gasteiger partial charge < -0.3 is 21.0 Å². The van der Waals surface area contributed by atoms with E-state index in [2.05, 4.69) is 10.4 Å². The second kappa shape index (κ2) is 8.08. The molecule has 0 saturated heterocycles. The molecule has 0 aliphatic heterocycles. The first kappa shape index (κ1) is 19.8. The van der Waals surface area contributed by atoms with Crippen molar-refractivity contribution in [2.45, 2.75) is 23.3 Å². The monoisotopic (exact) mass is 418 g/mol. The van der Waals surface area contributed by atoms with E-state index in [-0.39, 0.29) is 5.91 Å². The van der Waals surface area contributed by atoms with Crippen LogP contribution in [0.2, 0.25) is 0 Å². The molecule has 8 heteroatoms. The van der Waals surface area contributed by atoms with Crippen molar-refractivity contribution < 1.29 is 4.79 Å². The van der Waals surface area contributed by atoms with Crippen LogP contribution in [0.1, 0.15) is 27.3 Å². The topological polar surface area (TPSA) is 101 Å². The number of nitrogens with zero attached hydrogens (tertiary/aromatic N) is 3. The first-order valence-corrected chi connectivity index (χ1v) is 10.2. The normalized spacial score (nSPS) is 11.0. The zero-order valence-corrected chi connectivity index (χ0v) is 17.5. The molecule has 0 radical (unpaired) electrons. The molecule has 0 atom stereocenters. The molecule has 4 rings (SSSR count). The van der Waals surface area contributed by atoms with E-state index < -0.39 is 0 Å². The molecule has 1 aromatic carbocycles. The lowest BCUT2D eigenvalue weighted by Crippen LogP contribution is -2.25. The van der Waals surface area contributed by atoms with Gasteiger partial charge in [-0.25, -0.2) is 4.52 Å². The van der Waals surface area contributed by atoms with Crippen molar-refractivity contribution in [3.05, 3.63) is 77.4 Å². The highest BCUT2D eigenvalue weighted by atomic mass is 32.2. The van der Waals surface area contributed by atoms with Gasteiger partial charge in [0.05, 0.1) is 5.52 Å². The minimum absolute atomic E-state index is 0.133. The summed E-state index contributed by atoms with van der Waals surface area (Å²) < 4.78 is 3.68. The second-order valence-electron chi connectivity index (χ2n) is 6.95. The van der Waals surface area contributed by atoms with E-state index in [0.29, 0.717) is 23.5 Å². The largest absolute Gasteiger partial charge is 0.398 e. The first-order chi connectivity index (χ1) is 14.5. The summed E-state index contributed by atoms with van der Waals surface area (Å²) >= 11 is 1.55. The van der Waals surface area contributed by atoms with Crippen LogP contribution in [0, 0.1) is 12.3 Å². The van der Waals surface area contributed by atoms with Gasteiger partial charge in [-0.3, -0.25) is 4.79 Å². The van der Waals surface area contributed by atoms with Crippen LogP contribution in [0.3, 0.4) is 0 Å². The third-order valence-corrected chi connectivity index (χ3v) is 6.25. The number of nitrogens with two attached hydrogens (primary N) is 1. The molecule has 3 heterocycles. The van der Waals surface area contributed by atoms with Crippen molar-refractivity contribution in [3.63, 3.8) is 0 Å². The molecule has 0 saturated carbocycles. The number of pyridine rings is 1. The summed E-state index contributed by atoms with van der Waals surface area (Å²) in [6, 6.07) is 13.3. The predicted molar refractivity (Wildman–Crippen MR) is 119 cm³/mol. The Bertz CT molecular complexity index is 1260. The molecule has 0 spiro atoms. The number of aromatic nitrogens is 3. The fraction of sp³-hybridized carbons (Fsp3) is 0.136. The van der Waals surface area contributed by atoms with Crippen molar-refractivity contribution in [1.82, 2.24) is 19.5 Å². The van der Waals surface area contributed by atoms with Gasteiger partial charge in [0.15, 0.2) is 0 Å². The molecule has 4 aromatic rings. The van der Waals surface area contributed by atoms with Gasteiger partial charge in [0.1, 0.15) is 5.69 Å². The van der Waals surface area contributed by atoms with Gasteiger partial charge >= 0.3 is 0 Å². The Labute approximate surface area is 178 Å². The van der Waals surface area contributed by atoms with E-state index in [9.17, 15) is 4.79 Å². The summed E-state index contributed by atoms with van der Waals surface area (Å²) in [6.45, 7) is 2.41. The van der Waals surface area contributed by atoms with Gasteiger partial charge in [0.25, 0.3) is 5.91 Å². The van der Waals surface area contributed by atoms with Gasteiger partial charge in [-0.2, -0.15) is 5.10 Å². The van der Waals surface area contributed by atoms with Gasteiger partial charge in [0, 0.05) is 58.9 Å². The van der Waals surface area contributed by atoms with Crippen molar-refractivity contribution in [2.24, 2.45) is 7.05 Å². The molecule has 152 valence electrons. The summed E-state index contributed by atoms with van der Waals surface area (Å²) in [5.74, 6) is -0.133. The number of benzene rings is 1. The van der Waals surface area contributed by atoms with Gasteiger partial charge in [0.2, 0.25) is 0 Å². The average molecular weight is 419 g/mol. The van der Waals surface area contributed by atoms with Crippen LogP contribution in [0.5, 0.6) is 0 Å². The highest BCUT2D eigenvalue weighted by Gasteiger charge is 2.17. The highest BCUT2D eigenvalue weighted by Crippen LogP contribution is 2.33. The lowest BCUT2D eigenvalue weighted by molar-refractivity contribution is 0.0942. The lowest BCUT2D eigenvalue weighted by Gasteiger charge is -2.08. The summed E-state index contributed by atoms with van der Waals surface area (Å²) in [5.41, 5.74) is 10.7. The number of amides is 1. The number of rotatable bonds is 6. The van der Waals surface area contributed by atoms with Gasteiger partial charge in [-0.05, 0) is 48.9 Å². The molecular weight excluding hydrogens is 396 g/mol. The number of anilines is 1. The molecule has 7 nitrogen and oxygen atoms in total. The number of hydrogen-bond acceptors (Lipinski definition) is 5. The van der Waals surface area contributed by atoms with Gasteiger partial charge in [-0.1, -0.05) is 17.8 Å². The Kier molecular flexibility index (Phi) is 5.33. The van der Waals surface area contributed by atoms with Crippen LogP contribution in [0.4, 0.5) is 5.69 Å². The number of carbonyl (C=O) groups excluding carboxylic acids is 1. The number of nitrogens with one attached hydrogen (secondary N) is 2. The SMILES string of the molecule is Cc1c(Sc2ccc(N)c(C=N)c2)cc(C(=O)NCc2cccn3nccc23)n1C. The van der Waals surface area contributed by atoms with Crippen LogP contribution in [-0.2, 0) is 13.6 Å². The van der Waals surface area contributed by atoms with Crippen LogP contribution in [0.25, 0.3) is 5.52 Å². The Hall–Kier alpha value is -3.52. The third-order valence-electron chi connectivity index (χ3n) is 5.13. The maximum atomic E-state index is 12.9. The molecule has 0 aliphatic carbocycles. The Morgan fingerprint density at radius 3 is 2.93 bits per heavy atom. The van der Waals surface area contributed by atoms with E-state index >= 15 is 0 Å². The molecule has 3 aromatic heterocycles. The Balaban J connectivity index is 1.53. The smallest absolute Gasteiger partial charge is 0.268 e. The fourth-order valence-corrected chi connectivity index (χ4v) is 4.32. The fourth-order valence-electron chi connectivity index (χ4n) is 3.29. The minimum atomic E-state index is -0.133. The van der Waals surface area contributed by atoms with Crippen LogP contribution < -0.4 is 11.1 Å². The molecule has 4 N–H and O–H groups in total. The Morgan fingerprint density at radius 1 is 1.30 bits per heavy atom.